The molecule has 0 aliphatic rings. The van der Waals surface area contributed by atoms with Crippen LogP contribution in [0, 0.1) is 0 Å². The van der Waals surface area contributed by atoms with Crippen molar-refractivity contribution in [1.29, 1.82) is 0 Å². The van der Waals surface area contributed by atoms with Crippen LogP contribution in [0.5, 0.6) is 11.5 Å². The number of nitrogens with zero attached hydrogens (tertiary/aromatic N) is 1. The number of phenols is 1. The van der Waals surface area contributed by atoms with Crippen LogP contribution >= 0.6 is 0 Å². The summed E-state index contributed by atoms with van der Waals surface area (Å²) in [6, 6.07) is 13.6. The molecule has 0 fully saturated rings. The van der Waals surface area contributed by atoms with Gasteiger partial charge in [-0.2, -0.15) is 0 Å². The lowest BCUT2D eigenvalue weighted by atomic mass is 10.1. The van der Waals surface area contributed by atoms with Crippen LogP contribution in [0.4, 0.5) is 0 Å². The Labute approximate surface area is 131 Å². The van der Waals surface area contributed by atoms with Gasteiger partial charge in [-0.15, -0.1) is 0 Å². The lowest BCUT2D eigenvalue weighted by Crippen LogP contribution is -3.04. The Morgan fingerprint density at radius 1 is 1.09 bits per heavy atom. The van der Waals surface area contributed by atoms with Crippen LogP contribution in [0.1, 0.15) is 16.7 Å². The minimum absolute atomic E-state index is 0.203. The summed E-state index contributed by atoms with van der Waals surface area (Å²) in [4.78, 5) is 5.80. The molecule has 4 nitrogen and oxygen atoms in total. The van der Waals surface area contributed by atoms with E-state index in [1.54, 1.807) is 31.5 Å². The molecule has 0 saturated heterocycles. The predicted molar refractivity (Wildman–Crippen MR) is 88.9 cm³/mol. The molecule has 0 unspecified atom stereocenters. The molecule has 0 spiro atoms. The molecule has 0 bridgehead atoms. The third-order valence-corrected chi connectivity index (χ3v) is 3.32. The highest BCUT2D eigenvalue weighted by Gasteiger charge is 2.01. The Morgan fingerprint density at radius 3 is 2.41 bits per heavy atom. The van der Waals surface area contributed by atoms with Crippen LogP contribution in [-0.4, -0.2) is 32.5 Å². The van der Waals surface area contributed by atoms with E-state index in [1.807, 2.05) is 0 Å². The molecule has 116 valence electrons. The van der Waals surface area contributed by atoms with Crippen molar-refractivity contribution < 1.29 is 14.7 Å². The molecule has 22 heavy (non-hydrogen) atoms. The molecule has 0 aliphatic heterocycles. The Morgan fingerprint density at radius 2 is 1.77 bits per heavy atom. The number of aliphatic imine (C=N–C) groups is 1. The molecular formula is C18H23N2O2+. The third kappa shape index (κ3) is 4.60. The number of hydrogen-bond donors (Lipinski definition) is 2. The van der Waals surface area contributed by atoms with Gasteiger partial charge in [0.1, 0.15) is 18.0 Å². The number of rotatable bonds is 6. The van der Waals surface area contributed by atoms with Gasteiger partial charge in [0.25, 0.3) is 0 Å². The van der Waals surface area contributed by atoms with Gasteiger partial charge >= 0.3 is 0 Å². The molecule has 2 N–H and O–H groups in total. The molecule has 2 aromatic rings. The van der Waals surface area contributed by atoms with E-state index in [4.69, 9.17) is 4.74 Å². The minimum Gasteiger partial charge on any atom is -0.507 e. The van der Waals surface area contributed by atoms with Crippen molar-refractivity contribution >= 4 is 6.21 Å². The molecule has 0 heterocycles. The molecule has 0 saturated carbocycles. The standard InChI is InChI=1S/C18H22N2O2/c1-20(2)13-15-6-4-14(5-7-15)11-19-12-16-10-17(22-3)8-9-18(16)21/h4-10,12,21H,11,13H2,1-3H3/p+1. The number of aromatic hydroxyl groups is 1. The first-order chi connectivity index (χ1) is 10.6. The predicted octanol–water partition coefficient (Wildman–Crippen LogP) is 1.66. The molecule has 0 aromatic heterocycles. The monoisotopic (exact) mass is 299 g/mol. The largest absolute Gasteiger partial charge is 0.507 e. The van der Waals surface area contributed by atoms with Gasteiger partial charge in [-0.3, -0.25) is 4.99 Å². The van der Waals surface area contributed by atoms with Crippen molar-refractivity contribution in [1.82, 2.24) is 0 Å². The number of benzene rings is 2. The fourth-order valence-electron chi connectivity index (χ4n) is 2.18. The average Bonchev–Trinajstić information content (AvgIpc) is 2.50. The van der Waals surface area contributed by atoms with Gasteiger partial charge in [0, 0.05) is 17.3 Å². The van der Waals surface area contributed by atoms with E-state index in [0.29, 0.717) is 17.9 Å². The van der Waals surface area contributed by atoms with E-state index in [2.05, 4.69) is 43.4 Å². The van der Waals surface area contributed by atoms with Crippen LogP contribution in [-0.2, 0) is 13.1 Å². The highest BCUT2D eigenvalue weighted by molar-refractivity contribution is 5.84. The second-order valence-electron chi connectivity index (χ2n) is 5.59. The second kappa shape index (κ2) is 7.61. The van der Waals surface area contributed by atoms with E-state index in [0.717, 1.165) is 12.1 Å². The first kappa shape index (κ1) is 16.0. The van der Waals surface area contributed by atoms with E-state index in [-0.39, 0.29) is 5.75 Å². The molecule has 0 radical (unpaired) electrons. The molecule has 4 heteroatoms. The van der Waals surface area contributed by atoms with Crippen molar-refractivity contribution in [2.75, 3.05) is 21.2 Å². The molecule has 0 atom stereocenters. The maximum absolute atomic E-state index is 9.80. The van der Waals surface area contributed by atoms with E-state index >= 15 is 0 Å². The van der Waals surface area contributed by atoms with Gasteiger partial charge in [-0.1, -0.05) is 24.3 Å². The van der Waals surface area contributed by atoms with Crippen LogP contribution < -0.4 is 9.64 Å². The summed E-state index contributed by atoms with van der Waals surface area (Å²) in [6.45, 7) is 1.60. The molecule has 2 aromatic carbocycles. The van der Waals surface area contributed by atoms with Crippen molar-refractivity contribution in [2.45, 2.75) is 13.1 Å². The summed E-state index contributed by atoms with van der Waals surface area (Å²) >= 11 is 0. The van der Waals surface area contributed by atoms with Crippen LogP contribution in [0.2, 0.25) is 0 Å². The number of methoxy groups -OCH3 is 1. The van der Waals surface area contributed by atoms with Gasteiger partial charge in [0.15, 0.2) is 0 Å². The maximum atomic E-state index is 9.80. The summed E-state index contributed by atoms with van der Waals surface area (Å²) in [5.41, 5.74) is 3.13. The number of hydrogen-bond acceptors (Lipinski definition) is 3. The SMILES string of the molecule is COc1ccc(O)c(C=NCc2ccc(C[NH+](C)C)cc2)c1. The van der Waals surface area contributed by atoms with Crippen molar-refractivity contribution in [3.8, 4) is 11.5 Å². The summed E-state index contributed by atoms with van der Waals surface area (Å²) in [5.74, 6) is 0.906. The second-order valence-corrected chi connectivity index (χ2v) is 5.59. The number of quaternary nitrogens is 1. The molecule has 0 amide bonds. The Balaban J connectivity index is 2.00. The zero-order chi connectivity index (χ0) is 15.9. The van der Waals surface area contributed by atoms with Gasteiger partial charge < -0.3 is 14.7 Å². The summed E-state index contributed by atoms with van der Waals surface area (Å²) in [6.07, 6.45) is 1.68. The Kier molecular flexibility index (Phi) is 5.55. The van der Waals surface area contributed by atoms with Crippen molar-refractivity contribution in [3.05, 3.63) is 59.2 Å². The van der Waals surface area contributed by atoms with Crippen molar-refractivity contribution in [3.63, 3.8) is 0 Å². The van der Waals surface area contributed by atoms with Crippen LogP contribution in [0.25, 0.3) is 0 Å². The van der Waals surface area contributed by atoms with Crippen LogP contribution in [0.15, 0.2) is 47.5 Å². The first-order valence-corrected chi connectivity index (χ1v) is 7.32. The zero-order valence-corrected chi connectivity index (χ0v) is 13.3. The lowest BCUT2D eigenvalue weighted by molar-refractivity contribution is -0.872. The fraction of sp³-hybridized carbons (Fsp3) is 0.278. The van der Waals surface area contributed by atoms with E-state index < -0.39 is 0 Å². The summed E-state index contributed by atoms with van der Waals surface area (Å²) in [5, 5.41) is 9.80. The minimum atomic E-state index is 0.203. The Hall–Kier alpha value is -2.33. The highest BCUT2D eigenvalue weighted by atomic mass is 16.5. The number of nitrogens with one attached hydrogen (secondary N) is 1. The lowest BCUT2D eigenvalue weighted by Gasteiger charge is -2.07. The number of ether oxygens (including phenoxy) is 1. The van der Waals surface area contributed by atoms with E-state index in [9.17, 15) is 5.11 Å². The number of phenolic OH excluding ortho intramolecular Hbond substituents is 1. The van der Waals surface area contributed by atoms with E-state index in [1.165, 1.54) is 10.5 Å². The quantitative estimate of drug-likeness (QED) is 0.797. The maximum Gasteiger partial charge on any atom is 0.124 e. The highest BCUT2D eigenvalue weighted by Crippen LogP contribution is 2.21. The van der Waals surface area contributed by atoms with Gasteiger partial charge in [-0.25, -0.2) is 0 Å². The zero-order valence-electron chi connectivity index (χ0n) is 13.3. The molecule has 2 rings (SSSR count). The van der Waals surface area contributed by atoms with Gasteiger partial charge in [-0.05, 0) is 23.8 Å². The van der Waals surface area contributed by atoms with Gasteiger partial charge in [0.2, 0.25) is 0 Å². The Bertz CT molecular complexity index is 634. The van der Waals surface area contributed by atoms with Gasteiger partial charge in [0.05, 0.1) is 27.7 Å². The fourth-order valence-corrected chi connectivity index (χ4v) is 2.18. The topological polar surface area (TPSA) is 46.3 Å². The normalized spacial score (nSPS) is 11.3. The first-order valence-electron chi connectivity index (χ1n) is 7.32. The third-order valence-electron chi connectivity index (χ3n) is 3.32. The van der Waals surface area contributed by atoms with Crippen molar-refractivity contribution in [2.24, 2.45) is 4.99 Å². The summed E-state index contributed by atoms with van der Waals surface area (Å²) < 4.78 is 5.14. The van der Waals surface area contributed by atoms with Crippen LogP contribution in [0.3, 0.4) is 0 Å². The smallest absolute Gasteiger partial charge is 0.124 e. The molecule has 0 aliphatic carbocycles. The summed E-state index contributed by atoms with van der Waals surface area (Å²) in [7, 11) is 5.88. The average molecular weight is 299 g/mol. The molecular weight excluding hydrogens is 276 g/mol.